The van der Waals surface area contributed by atoms with Gasteiger partial charge >= 0.3 is 22.4 Å². The largest absolute Gasteiger partial charge is 0.488 e. The van der Waals surface area contributed by atoms with Gasteiger partial charge < -0.3 is 44.8 Å². The molecular weight excluding hydrogens is 535 g/mol. The Morgan fingerprint density at radius 3 is 2.58 bits per heavy atom. The van der Waals surface area contributed by atoms with Crippen LogP contribution in [0.25, 0.3) is 11.2 Å². The molecule has 3 heterocycles. The van der Waals surface area contributed by atoms with Gasteiger partial charge in [0.15, 0.2) is 17.4 Å². The number of ether oxygens (including phenoxy) is 1. The number of rotatable bonds is 8. The molecule has 2 aromatic heterocycles. The van der Waals surface area contributed by atoms with Crippen molar-refractivity contribution in [1.82, 2.24) is 19.5 Å². The number of aliphatic hydroxyl groups excluding tert-OH is 1. The highest BCUT2D eigenvalue weighted by atomic mass is 32.5. The third-order valence-electron chi connectivity index (χ3n) is 4.28. The van der Waals surface area contributed by atoms with Crippen LogP contribution in [-0.2, 0) is 38.8 Å². The molecule has 0 spiro atoms. The molecule has 0 bridgehead atoms. The van der Waals surface area contributed by atoms with Gasteiger partial charge in [0.1, 0.15) is 17.8 Å². The van der Waals surface area contributed by atoms with Gasteiger partial charge in [-0.25, -0.2) is 18.4 Å². The number of nitrogens with zero attached hydrogens (tertiary/aromatic N) is 3. The standard InChI is InChI=1S/C11H18N5O13P3S/c1-11(19)6(17)4(2-26-32(25,33)29-31(23,24)28-30(20,21)22)27-9(11)16-3-13-5-7(16)14-10(12)15-8(5)18/h3-4,6,9,17,19H,2H2,1H3,(H,23,24)(H,25,33)(H2,20,21,22)(H3,12,14,15,18)/t4-,6-,9-,11-,32+/m1/s1. The minimum absolute atomic E-state index is 0.0818. The number of aliphatic hydroxyl groups is 2. The van der Waals surface area contributed by atoms with Crippen LogP contribution < -0.4 is 11.3 Å². The average Bonchev–Trinajstić information content (AvgIpc) is 3.10. The highest BCUT2D eigenvalue weighted by molar-refractivity contribution is 8.08. The molecule has 9 N–H and O–H groups in total. The average molecular weight is 553 g/mol. The van der Waals surface area contributed by atoms with E-state index in [1.165, 1.54) is 6.92 Å². The summed E-state index contributed by atoms with van der Waals surface area (Å²) in [6, 6.07) is 0. The van der Waals surface area contributed by atoms with E-state index in [4.69, 9.17) is 24.8 Å². The number of H-pyrrole nitrogens is 1. The van der Waals surface area contributed by atoms with Gasteiger partial charge in [-0.05, 0) is 18.7 Å². The summed E-state index contributed by atoms with van der Waals surface area (Å²) in [5.74, 6) is -0.253. The normalized spacial score (nSPS) is 29.7. The number of nitrogens with two attached hydrogens (primary N) is 1. The first-order chi connectivity index (χ1) is 14.9. The Balaban J connectivity index is 1.78. The first-order valence-electron chi connectivity index (χ1n) is 8.48. The summed E-state index contributed by atoms with van der Waals surface area (Å²) in [7, 11) is -11.0. The summed E-state index contributed by atoms with van der Waals surface area (Å²) in [5.41, 5.74) is 2.59. The molecule has 33 heavy (non-hydrogen) atoms. The number of hydrogen-bond acceptors (Lipinski definition) is 13. The molecule has 0 aromatic carbocycles. The quantitative estimate of drug-likeness (QED) is 0.167. The van der Waals surface area contributed by atoms with Gasteiger partial charge in [-0.1, -0.05) is 0 Å². The second kappa shape index (κ2) is 8.82. The van der Waals surface area contributed by atoms with Crippen LogP contribution in [0, 0.1) is 0 Å². The number of anilines is 1. The zero-order valence-corrected chi connectivity index (χ0v) is 19.7. The Bertz CT molecular complexity index is 1260. The van der Waals surface area contributed by atoms with Gasteiger partial charge in [-0.3, -0.25) is 14.3 Å². The van der Waals surface area contributed by atoms with E-state index < -0.39 is 58.6 Å². The highest BCUT2D eigenvalue weighted by Gasteiger charge is 2.54. The van der Waals surface area contributed by atoms with Crippen molar-refractivity contribution in [2.45, 2.75) is 31.0 Å². The minimum Gasteiger partial charge on any atom is -0.387 e. The van der Waals surface area contributed by atoms with E-state index in [1.54, 1.807) is 0 Å². The minimum atomic E-state index is -5.54. The molecule has 0 aliphatic carbocycles. The second-order valence-electron chi connectivity index (χ2n) is 6.86. The van der Waals surface area contributed by atoms with Gasteiger partial charge in [0, 0.05) is 0 Å². The predicted octanol–water partition coefficient (Wildman–Crippen LogP) is -1.83. The Morgan fingerprint density at radius 1 is 1.33 bits per heavy atom. The molecule has 1 aliphatic rings. The molecular formula is C11H18N5O13P3S. The zero-order chi connectivity index (χ0) is 25.0. The van der Waals surface area contributed by atoms with Crippen LogP contribution in [0.15, 0.2) is 11.1 Å². The van der Waals surface area contributed by atoms with E-state index in [-0.39, 0.29) is 17.1 Å². The van der Waals surface area contributed by atoms with Gasteiger partial charge in [-0.2, -0.15) is 9.29 Å². The van der Waals surface area contributed by atoms with Crippen LogP contribution in [0.5, 0.6) is 0 Å². The molecule has 2 aromatic rings. The first-order valence-corrected chi connectivity index (χ1v) is 14.1. The van der Waals surface area contributed by atoms with E-state index in [2.05, 4.69) is 35.4 Å². The van der Waals surface area contributed by atoms with Gasteiger partial charge in [0.2, 0.25) is 5.95 Å². The van der Waals surface area contributed by atoms with Gasteiger partial charge in [0.25, 0.3) is 5.56 Å². The van der Waals surface area contributed by atoms with Crippen molar-refractivity contribution >= 4 is 51.3 Å². The lowest BCUT2D eigenvalue weighted by molar-refractivity contribution is -0.0948. The van der Waals surface area contributed by atoms with Crippen molar-refractivity contribution < 1.29 is 56.8 Å². The molecule has 0 saturated carbocycles. The van der Waals surface area contributed by atoms with E-state index in [0.717, 1.165) is 10.9 Å². The summed E-state index contributed by atoms with van der Waals surface area (Å²) in [4.78, 5) is 58.3. The molecule has 0 amide bonds. The summed E-state index contributed by atoms with van der Waals surface area (Å²) in [6.45, 7) is -4.31. The third kappa shape index (κ3) is 5.93. The molecule has 1 unspecified atom stereocenters. The van der Waals surface area contributed by atoms with E-state index in [0.29, 0.717) is 0 Å². The lowest BCUT2D eigenvalue weighted by Crippen LogP contribution is -2.44. The SMILES string of the molecule is C[C@@]1(O)[C@H](O)[C@@H](CO[P@](O)(=S)OP(=O)(O)OP(=O)(O)O)O[C@H]1n1cnc2c(=O)[nH]c(N)nc21. The first kappa shape index (κ1) is 26.5. The van der Waals surface area contributed by atoms with E-state index >= 15 is 0 Å². The van der Waals surface area contributed by atoms with Gasteiger partial charge in [0.05, 0.1) is 12.9 Å². The van der Waals surface area contributed by atoms with Crippen LogP contribution in [-0.4, -0.2) is 73.7 Å². The maximum atomic E-state index is 12.0. The maximum absolute atomic E-state index is 12.0. The molecule has 0 radical (unpaired) electrons. The number of hydrogen-bond donors (Lipinski definition) is 8. The number of nitrogens with one attached hydrogen (secondary N) is 1. The molecule has 186 valence electrons. The zero-order valence-electron chi connectivity index (χ0n) is 16.2. The number of fused-ring (bicyclic) bond motifs is 1. The van der Waals surface area contributed by atoms with Crippen LogP contribution in [0.1, 0.15) is 13.2 Å². The second-order valence-corrected chi connectivity index (χ2v) is 12.7. The molecule has 1 fully saturated rings. The van der Waals surface area contributed by atoms with Crippen LogP contribution in [0.4, 0.5) is 5.95 Å². The fourth-order valence-electron chi connectivity index (χ4n) is 2.96. The molecule has 1 saturated heterocycles. The number of phosphoric acid groups is 2. The van der Waals surface area contributed by atoms with E-state index in [9.17, 15) is 33.9 Å². The van der Waals surface area contributed by atoms with E-state index in [1.807, 2.05) is 0 Å². The summed E-state index contributed by atoms with van der Waals surface area (Å²) in [6.07, 6.45) is -3.44. The molecule has 3 rings (SSSR count). The summed E-state index contributed by atoms with van der Waals surface area (Å²) >= 11 is 4.49. The Labute approximate surface area is 188 Å². The van der Waals surface area contributed by atoms with Crippen molar-refractivity contribution in [2.75, 3.05) is 12.3 Å². The molecule has 6 atom stereocenters. The fraction of sp³-hybridized carbons (Fsp3) is 0.545. The third-order valence-corrected chi connectivity index (χ3v) is 8.99. The fourth-order valence-corrected chi connectivity index (χ4v) is 6.93. The summed E-state index contributed by atoms with van der Waals surface area (Å²) < 4.78 is 41.3. The number of aromatic nitrogens is 4. The number of aromatic amines is 1. The lowest BCUT2D eigenvalue weighted by atomic mass is 9.96. The van der Waals surface area contributed by atoms with Gasteiger partial charge in [-0.15, -0.1) is 0 Å². The van der Waals surface area contributed by atoms with Crippen molar-refractivity contribution in [3.05, 3.63) is 16.7 Å². The lowest BCUT2D eigenvalue weighted by Gasteiger charge is -2.27. The van der Waals surface area contributed by atoms with Crippen LogP contribution in [0.3, 0.4) is 0 Å². The predicted molar refractivity (Wildman–Crippen MR) is 110 cm³/mol. The highest BCUT2D eigenvalue weighted by Crippen LogP contribution is 2.66. The monoisotopic (exact) mass is 553 g/mol. The molecule has 22 heteroatoms. The van der Waals surface area contributed by atoms with Crippen LogP contribution >= 0.6 is 22.4 Å². The summed E-state index contributed by atoms with van der Waals surface area (Å²) in [5, 5.41) is 21.3. The number of nitrogen functional groups attached to an aromatic ring is 1. The Kier molecular flexibility index (Phi) is 7.07. The van der Waals surface area contributed by atoms with Crippen molar-refractivity contribution in [3.63, 3.8) is 0 Å². The molecule has 1 aliphatic heterocycles. The van der Waals surface area contributed by atoms with Crippen molar-refractivity contribution in [1.29, 1.82) is 0 Å². The smallest absolute Gasteiger partial charge is 0.387 e. The Morgan fingerprint density at radius 2 is 1.97 bits per heavy atom. The van der Waals surface area contributed by atoms with Crippen molar-refractivity contribution in [3.8, 4) is 0 Å². The maximum Gasteiger partial charge on any atom is 0.488 e. The van der Waals surface area contributed by atoms with Crippen molar-refractivity contribution in [2.24, 2.45) is 0 Å². The molecule has 18 nitrogen and oxygen atoms in total. The topological polar surface area (TPSA) is 282 Å². The van der Waals surface area contributed by atoms with Crippen LogP contribution in [0.2, 0.25) is 0 Å². The number of imidazole rings is 1. The Hall–Kier alpha value is -1.14.